The molecule has 0 aliphatic carbocycles. The maximum Gasteiger partial charge on any atom is 0.408 e. The molecule has 5 heteroatoms. The molecule has 0 spiro atoms. The second-order valence-corrected chi connectivity index (χ2v) is 6.05. The summed E-state index contributed by atoms with van der Waals surface area (Å²) in [7, 11) is 0. The van der Waals surface area contributed by atoms with Crippen LogP contribution in [-0.4, -0.2) is 18.2 Å². The Hall–Kier alpha value is -1.26. The second kappa shape index (κ2) is 5.80. The smallest absolute Gasteiger partial charge is 0.408 e. The van der Waals surface area contributed by atoms with E-state index in [0.29, 0.717) is 5.02 Å². The monoisotopic (exact) mass is 284 g/mol. The van der Waals surface area contributed by atoms with Crippen LogP contribution in [0.2, 0.25) is 5.02 Å². The minimum atomic E-state index is -0.763. The predicted octanol–water partition coefficient (Wildman–Crippen LogP) is 3.04. The Morgan fingerprint density at radius 2 is 1.89 bits per heavy atom. The molecule has 1 unspecified atom stereocenters. The van der Waals surface area contributed by atoms with Crippen molar-refractivity contribution in [2.45, 2.75) is 38.8 Å². The summed E-state index contributed by atoms with van der Waals surface area (Å²) in [6.07, 6.45) is -0.514. The van der Waals surface area contributed by atoms with E-state index < -0.39 is 17.2 Å². The van der Waals surface area contributed by atoms with Crippen LogP contribution in [0.1, 0.15) is 33.3 Å². The van der Waals surface area contributed by atoms with Gasteiger partial charge in [0, 0.05) is 11.6 Å². The van der Waals surface area contributed by atoms with Crippen molar-refractivity contribution in [2.24, 2.45) is 5.73 Å². The van der Waals surface area contributed by atoms with E-state index in [-0.39, 0.29) is 6.54 Å². The van der Waals surface area contributed by atoms with Gasteiger partial charge in [0.2, 0.25) is 0 Å². The van der Waals surface area contributed by atoms with Crippen LogP contribution in [-0.2, 0) is 10.3 Å². The van der Waals surface area contributed by atoms with E-state index >= 15 is 0 Å². The normalized spacial score (nSPS) is 14.6. The Kier molecular flexibility index (Phi) is 4.82. The Bertz CT molecular complexity index is 457. The molecule has 0 bridgehead atoms. The molecule has 1 aromatic rings. The highest BCUT2D eigenvalue weighted by atomic mass is 35.5. The summed E-state index contributed by atoms with van der Waals surface area (Å²) < 4.78 is 5.25. The van der Waals surface area contributed by atoms with Crippen LogP contribution in [0.5, 0.6) is 0 Å². The zero-order chi connectivity index (χ0) is 14.7. The first-order valence-corrected chi connectivity index (χ1v) is 6.52. The molecule has 0 saturated carbocycles. The highest BCUT2D eigenvalue weighted by molar-refractivity contribution is 6.31. The van der Waals surface area contributed by atoms with Crippen LogP contribution in [0.3, 0.4) is 0 Å². The minimum Gasteiger partial charge on any atom is -0.444 e. The topological polar surface area (TPSA) is 64.3 Å². The lowest BCUT2D eigenvalue weighted by Crippen LogP contribution is -2.50. The fourth-order valence-corrected chi connectivity index (χ4v) is 2.01. The first-order valence-electron chi connectivity index (χ1n) is 6.14. The van der Waals surface area contributed by atoms with Crippen LogP contribution in [0.15, 0.2) is 24.3 Å². The van der Waals surface area contributed by atoms with Gasteiger partial charge in [-0.2, -0.15) is 0 Å². The first-order chi connectivity index (χ1) is 8.68. The maximum atomic E-state index is 11.9. The van der Waals surface area contributed by atoms with Gasteiger partial charge in [-0.25, -0.2) is 4.79 Å². The number of benzene rings is 1. The molecule has 106 valence electrons. The number of hydrogen-bond donors (Lipinski definition) is 2. The van der Waals surface area contributed by atoms with Crippen molar-refractivity contribution < 1.29 is 9.53 Å². The number of hydrogen-bond acceptors (Lipinski definition) is 3. The molecule has 1 amide bonds. The van der Waals surface area contributed by atoms with E-state index in [1.807, 2.05) is 45.9 Å². The third-order valence-electron chi connectivity index (χ3n) is 2.65. The highest BCUT2D eigenvalue weighted by Crippen LogP contribution is 2.27. The Morgan fingerprint density at radius 3 is 2.37 bits per heavy atom. The van der Waals surface area contributed by atoms with Gasteiger partial charge in [0.05, 0.1) is 5.54 Å². The Morgan fingerprint density at radius 1 is 1.32 bits per heavy atom. The minimum absolute atomic E-state index is 0.218. The van der Waals surface area contributed by atoms with Crippen molar-refractivity contribution in [2.75, 3.05) is 6.54 Å². The fourth-order valence-electron chi connectivity index (χ4n) is 1.67. The van der Waals surface area contributed by atoms with E-state index in [1.165, 1.54) is 0 Å². The summed E-state index contributed by atoms with van der Waals surface area (Å²) in [5, 5.41) is 3.35. The molecule has 1 atom stereocenters. The van der Waals surface area contributed by atoms with Crippen molar-refractivity contribution in [3.05, 3.63) is 34.9 Å². The number of alkyl carbamates (subject to hydrolysis) is 1. The lowest BCUT2D eigenvalue weighted by atomic mass is 9.92. The Labute approximate surface area is 119 Å². The van der Waals surface area contributed by atoms with E-state index in [9.17, 15) is 4.79 Å². The van der Waals surface area contributed by atoms with Crippen LogP contribution >= 0.6 is 11.6 Å². The van der Waals surface area contributed by atoms with Gasteiger partial charge in [-0.15, -0.1) is 0 Å². The second-order valence-electron chi connectivity index (χ2n) is 5.64. The fraction of sp³-hybridized carbons (Fsp3) is 0.500. The third-order valence-corrected chi connectivity index (χ3v) is 2.98. The summed E-state index contributed by atoms with van der Waals surface area (Å²) in [5.41, 5.74) is 5.24. The standard InChI is InChI=1S/C14H21ClN2O2/c1-13(2,3)19-12(18)17-14(4,9-16)10-7-5-6-8-11(10)15/h5-8H,9,16H2,1-4H3,(H,17,18). The van der Waals surface area contributed by atoms with Crippen LogP contribution in [0.4, 0.5) is 4.79 Å². The molecule has 0 radical (unpaired) electrons. The molecule has 19 heavy (non-hydrogen) atoms. The average Bonchev–Trinajstić information content (AvgIpc) is 2.26. The molecule has 0 saturated heterocycles. The van der Waals surface area contributed by atoms with Crippen molar-refractivity contribution in [1.29, 1.82) is 0 Å². The lowest BCUT2D eigenvalue weighted by molar-refractivity contribution is 0.0465. The number of nitrogens with one attached hydrogen (secondary N) is 1. The summed E-state index contributed by atoms with van der Waals surface area (Å²) in [4.78, 5) is 11.9. The van der Waals surface area contributed by atoms with Gasteiger partial charge in [-0.1, -0.05) is 29.8 Å². The quantitative estimate of drug-likeness (QED) is 0.897. The average molecular weight is 285 g/mol. The van der Waals surface area contributed by atoms with E-state index in [1.54, 1.807) is 6.07 Å². The third kappa shape index (κ3) is 4.40. The molecule has 0 aromatic heterocycles. The van der Waals surface area contributed by atoms with Gasteiger partial charge < -0.3 is 15.8 Å². The van der Waals surface area contributed by atoms with Crippen molar-refractivity contribution in [3.8, 4) is 0 Å². The zero-order valence-electron chi connectivity index (χ0n) is 11.8. The van der Waals surface area contributed by atoms with Crippen LogP contribution in [0.25, 0.3) is 0 Å². The number of carbonyl (C=O) groups excluding carboxylic acids is 1. The highest BCUT2D eigenvalue weighted by Gasteiger charge is 2.31. The molecule has 0 aliphatic heterocycles. The molecule has 4 nitrogen and oxygen atoms in total. The maximum absolute atomic E-state index is 11.9. The molecule has 0 heterocycles. The largest absolute Gasteiger partial charge is 0.444 e. The molecule has 1 rings (SSSR count). The molecule has 0 fully saturated rings. The number of halogens is 1. The van der Waals surface area contributed by atoms with Gasteiger partial charge in [-0.3, -0.25) is 0 Å². The summed E-state index contributed by atoms with van der Waals surface area (Å²) in [5.74, 6) is 0. The number of ether oxygens (including phenoxy) is 1. The summed E-state index contributed by atoms with van der Waals surface area (Å²) >= 11 is 6.16. The summed E-state index contributed by atoms with van der Waals surface area (Å²) in [6.45, 7) is 7.46. The summed E-state index contributed by atoms with van der Waals surface area (Å²) in [6, 6.07) is 7.29. The van der Waals surface area contributed by atoms with Crippen LogP contribution < -0.4 is 11.1 Å². The van der Waals surface area contributed by atoms with E-state index in [2.05, 4.69) is 5.32 Å². The van der Waals surface area contributed by atoms with Gasteiger partial charge in [0.15, 0.2) is 0 Å². The molecular formula is C14H21ClN2O2. The first kappa shape index (κ1) is 15.8. The van der Waals surface area contributed by atoms with Crippen molar-refractivity contribution >= 4 is 17.7 Å². The number of rotatable bonds is 3. The van der Waals surface area contributed by atoms with Gasteiger partial charge in [0.25, 0.3) is 0 Å². The molecule has 1 aromatic carbocycles. The number of amides is 1. The van der Waals surface area contributed by atoms with Gasteiger partial charge in [0.1, 0.15) is 5.60 Å². The van der Waals surface area contributed by atoms with Gasteiger partial charge >= 0.3 is 6.09 Å². The molecular weight excluding hydrogens is 264 g/mol. The number of nitrogens with two attached hydrogens (primary N) is 1. The predicted molar refractivity (Wildman–Crippen MR) is 77.2 cm³/mol. The van der Waals surface area contributed by atoms with Crippen molar-refractivity contribution in [3.63, 3.8) is 0 Å². The zero-order valence-corrected chi connectivity index (χ0v) is 12.5. The van der Waals surface area contributed by atoms with E-state index in [4.69, 9.17) is 22.1 Å². The van der Waals surface area contributed by atoms with E-state index in [0.717, 1.165) is 5.56 Å². The number of carbonyl (C=O) groups is 1. The lowest BCUT2D eigenvalue weighted by Gasteiger charge is -2.32. The van der Waals surface area contributed by atoms with Gasteiger partial charge in [-0.05, 0) is 39.3 Å². The Balaban J connectivity index is 2.94. The van der Waals surface area contributed by atoms with Crippen molar-refractivity contribution in [1.82, 2.24) is 5.32 Å². The SMILES string of the molecule is CC(C)(C)OC(=O)NC(C)(CN)c1ccccc1Cl. The molecule has 3 N–H and O–H groups in total. The van der Waals surface area contributed by atoms with Crippen LogP contribution in [0, 0.1) is 0 Å². The molecule has 0 aliphatic rings.